The fourth-order valence-corrected chi connectivity index (χ4v) is 2.95. The Morgan fingerprint density at radius 2 is 1.97 bits per heavy atom. The lowest BCUT2D eigenvalue weighted by Crippen LogP contribution is -1.98. The van der Waals surface area contributed by atoms with Crippen LogP contribution < -0.4 is 9.47 Å². The van der Waals surface area contributed by atoms with Gasteiger partial charge in [0.1, 0.15) is 23.3 Å². The molecule has 6 heteroatoms. The smallest absolute Gasteiger partial charge is 0.228 e. The van der Waals surface area contributed by atoms with E-state index in [1.54, 1.807) is 30.5 Å². The van der Waals surface area contributed by atoms with Gasteiger partial charge in [0, 0.05) is 23.9 Å². The molecule has 2 aromatic carbocycles. The summed E-state index contributed by atoms with van der Waals surface area (Å²) in [6.07, 6.45) is 4.94. The molecule has 1 saturated carbocycles. The highest BCUT2D eigenvalue weighted by Gasteiger charge is 2.21. The minimum absolute atomic E-state index is 0.442. The number of carbonyl (C=O) groups excluding carboxylic acids is 1. The SMILES string of the molecule is O=Cc1ccc2nc(-c3ccc(Oc4cccc(OCC5CC5)c4)nc3)oc2c1. The number of carbonyl (C=O) groups is 1. The maximum atomic E-state index is 10.9. The van der Waals surface area contributed by atoms with Gasteiger partial charge < -0.3 is 13.9 Å². The second kappa shape index (κ2) is 7.39. The molecule has 1 aliphatic carbocycles. The van der Waals surface area contributed by atoms with Gasteiger partial charge in [-0.25, -0.2) is 9.97 Å². The van der Waals surface area contributed by atoms with Gasteiger partial charge in [0.25, 0.3) is 0 Å². The zero-order valence-corrected chi connectivity index (χ0v) is 15.6. The Bertz CT molecular complexity index is 1160. The molecule has 1 aliphatic rings. The van der Waals surface area contributed by atoms with E-state index in [1.165, 1.54) is 12.8 Å². The summed E-state index contributed by atoms with van der Waals surface area (Å²) in [6.45, 7) is 0.759. The fraction of sp³-hybridized carbons (Fsp3) is 0.174. The number of aldehydes is 1. The maximum Gasteiger partial charge on any atom is 0.228 e. The summed E-state index contributed by atoms with van der Waals surface area (Å²) in [5.74, 6) is 3.07. The first-order chi connectivity index (χ1) is 14.3. The molecule has 0 N–H and O–H groups in total. The Kier molecular flexibility index (Phi) is 4.44. The number of aromatic nitrogens is 2. The molecule has 6 nitrogen and oxygen atoms in total. The standard InChI is InChI=1S/C23H18N2O4/c26-13-16-6-8-20-21(10-16)29-23(25-20)17-7-9-22(24-12-17)28-19-3-1-2-18(11-19)27-14-15-4-5-15/h1-3,6-13,15H,4-5,14H2. The summed E-state index contributed by atoms with van der Waals surface area (Å²) in [5, 5.41) is 0. The minimum atomic E-state index is 0.442. The van der Waals surface area contributed by atoms with Crippen LogP contribution in [0.25, 0.3) is 22.6 Å². The van der Waals surface area contributed by atoms with Crippen molar-refractivity contribution in [1.29, 1.82) is 0 Å². The van der Waals surface area contributed by atoms with Crippen LogP contribution in [0.4, 0.5) is 0 Å². The van der Waals surface area contributed by atoms with Gasteiger partial charge in [-0.15, -0.1) is 0 Å². The minimum Gasteiger partial charge on any atom is -0.493 e. The normalized spacial score (nSPS) is 13.4. The first-order valence-corrected chi connectivity index (χ1v) is 9.50. The van der Waals surface area contributed by atoms with Gasteiger partial charge in [0.05, 0.1) is 12.2 Å². The van der Waals surface area contributed by atoms with Crippen LogP contribution in [-0.4, -0.2) is 22.9 Å². The van der Waals surface area contributed by atoms with Crippen molar-refractivity contribution in [2.45, 2.75) is 12.8 Å². The molecular weight excluding hydrogens is 368 g/mol. The van der Waals surface area contributed by atoms with Crippen molar-refractivity contribution in [2.75, 3.05) is 6.61 Å². The van der Waals surface area contributed by atoms with Crippen molar-refractivity contribution in [1.82, 2.24) is 9.97 Å². The van der Waals surface area contributed by atoms with Gasteiger partial charge in [-0.05, 0) is 55.2 Å². The summed E-state index contributed by atoms with van der Waals surface area (Å²) in [6, 6.07) is 16.3. The number of oxazole rings is 1. The van der Waals surface area contributed by atoms with Crippen LogP contribution in [0.5, 0.6) is 17.4 Å². The summed E-state index contributed by atoms with van der Waals surface area (Å²) in [7, 11) is 0. The Morgan fingerprint density at radius 3 is 2.76 bits per heavy atom. The number of hydrogen-bond donors (Lipinski definition) is 0. The van der Waals surface area contributed by atoms with Crippen LogP contribution in [-0.2, 0) is 0 Å². The first kappa shape index (κ1) is 17.4. The summed E-state index contributed by atoms with van der Waals surface area (Å²) < 4.78 is 17.4. The molecule has 0 aliphatic heterocycles. The van der Waals surface area contributed by atoms with Crippen molar-refractivity contribution in [2.24, 2.45) is 5.92 Å². The molecule has 0 spiro atoms. The summed E-state index contributed by atoms with van der Waals surface area (Å²) in [4.78, 5) is 19.7. The molecule has 0 saturated heterocycles. The highest BCUT2D eigenvalue weighted by molar-refractivity contribution is 5.84. The zero-order chi connectivity index (χ0) is 19.6. The van der Waals surface area contributed by atoms with Gasteiger partial charge in [0.2, 0.25) is 11.8 Å². The molecule has 5 rings (SSSR count). The Balaban J connectivity index is 1.31. The van der Waals surface area contributed by atoms with Gasteiger partial charge in [-0.3, -0.25) is 4.79 Å². The average molecular weight is 386 g/mol. The number of nitrogens with zero attached hydrogens (tertiary/aromatic N) is 2. The van der Waals surface area contributed by atoms with Crippen LogP contribution in [0, 0.1) is 5.92 Å². The van der Waals surface area contributed by atoms with Crippen LogP contribution in [0.1, 0.15) is 23.2 Å². The van der Waals surface area contributed by atoms with E-state index in [-0.39, 0.29) is 0 Å². The fourth-order valence-electron chi connectivity index (χ4n) is 2.95. The number of ether oxygens (including phenoxy) is 2. The van der Waals surface area contributed by atoms with Crippen molar-refractivity contribution in [3.8, 4) is 28.8 Å². The molecule has 1 fully saturated rings. The Hall–Kier alpha value is -3.67. The highest BCUT2D eigenvalue weighted by atomic mass is 16.5. The number of fused-ring (bicyclic) bond motifs is 1. The van der Waals surface area contributed by atoms with E-state index >= 15 is 0 Å². The van der Waals surface area contributed by atoms with Gasteiger partial charge in [0.15, 0.2) is 5.58 Å². The van der Waals surface area contributed by atoms with E-state index in [2.05, 4.69) is 9.97 Å². The van der Waals surface area contributed by atoms with E-state index in [1.807, 2.05) is 30.3 Å². The van der Waals surface area contributed by atoms with Crippen LogP contribution in [0.15, 0.2) is 65.2 Å². The second-order valence-corrected chi connectivity index (χ2v) is 7.08. The van der Waals surface area contributed by atoms with Crippen LogP contribution in [0.2, 0.25) is 0 Å². The molecular formula is C23H18N2O4. The predicted molar refractivity (Wildman–Crippen MR) is 107 cm³/mol. The summed E-state index contributed by atoms with van der Waals surface area (Å²) >= 11 is 0. The molecule has 29 heavy (non-hydrogen) atoms. The van der Waals surface area contributed by atoms with Crippen LogP contribution in [0.3, 0.4) is 0 Å². The van der Waals surface area contributed by atoms with E-state index < -0.39 is 0 Å². The number of rotatable bonds is 7. The van der Waals surface area contributed by atoms with Crippen molar-refractivity contribution >= 4 is 17.4 Å². The highest BCUT2D eigenvalue weighted by Crippen LogP contribution is 2.31. The molecule has 0 bridgehead atoms. The Morgan fingerprint density at radius 1 is 1.07 bits per heavy atom. The third-order valence-corrected chi connectivity index (χ3v) is 4.74. The predicted octanol–water partition coefficient (Wildman–Crippen LogP) is 5.28. The number of benzene rings is 2. The molecule has 0 amide bonds. The number of pyridine rings is 1. The van der Waals surface area contributed by atoms with Gasteiger partial charge >= 0.3 is 0 Å². The molecule has 144 valence electrons. The topological polar surface area (TPSA) is 74.5 Å². The zero-order valence-electron chi connectivity index (χ0n) is 15.6. The third-order valence-electron chi connectivity index (χ3n) is 4.74. The average Bonchev–Trinajstić information content (AvgIpc) is 3.49. The van der Waals surface area contributed by atoms with Crippen molar-refractivity contribution in [3.63, 3.8) is 0 Å². The lowest BCUT2D eigenvalue weighted by atomic mass is 10.2. The molecule has 2 heterocycles. The lowest BCUT2D eigenvalue weighted by molar-refractivity contribution is 0.112. The molecule has 0 unspecified atom stereocenters. The maximum absolute atomic E-state index is 10.9. The van der Waals surface area contributed by atoms with Crippen LogP contribution >= 0.6 is 0 Å². The van der Waals surface area contributed by atoms with E-state index in [0.717, 1.165) is 24.2 Å². The largest absolute Gasteiger partial charge is 0.493 e. The second-order valence-electron chi connectivity index (χ2n) is 7.08. The third kappa shape index (κ3) is 3.96. The molecule has 2 aromatic heterocycles. The molecule has 0 atom stereocenters. The quantitative estimate of drug-likeness (QED) is 0.402. The Labute approximate surface area is 167 Å². The molecule has 0 radical (unpaired) electrons. The lowest BCUT2D eigenvalue weighted by Gasteiger charge is -2.08. The first-order valence-electron chi connectivity index (χ1n) is 9.50. The van der Waals surface area contributed by atoms with E-state index in [9.17, 15) is 4.79 Å². The monoisotopic (exact) mass is 386 g/mol. The number of hydrogen-bond acceptors (Lipinski definition) is 6. The van der Waals surface area contributed by atoms with Gasteiger partial charge in [-0.2, -0.15) is 0 Å². The van der Waals surface area contributed by atoms with E-state index in [4.69, 9.17) is 13.9 Å². The van der Waals surface area contributed by atoms with Crippen molar-refractivity contribution in [3.05, 3.63) is 66.4 Å². The van der Waals surface area contributed by atoms with Gasteiger partial charge in [-0.1, -0.05) is 6.07 Å². The summed E-state index contributed by atoms with van der Waals surface area (Å²) in [5.41, 5.74) is 2.52. The molecule has 4 aromatic rings. The van der Waals surface area contributed by atoms with E-state index in [0.29, 0.717) is 40.1 Å². The van der Waals surface area contributed by atoms with Crippen molar-refractivity contribution < 1.29 is 18.7 Å².